The average molecular weight is 346 g/mol. The quantitative estimate of drug-likeness (QED) is 0.516. The molecule has 0 bridgehead atoms. The van der Waals surface area contributed by atoms with E-state index >= 15 is 0 Å². The van der Waals surface area contributed by atoms with Crippen LogP contribution in [0, 0.1) is 6.92 Å². The summed E-state index contributed by atoms with van der Waals surface area (Å²) in [5.41, 5.74) is 13.8. The number of nitrogens with two attached hydrogens (primary N) is 1. The van der Waals surface area contributed by atoms with E-state index in [1.807, 2.05) is 0 Å². The Bertz CT molecular complexity index is 677. The van der Waals surface area contributed by atoms with Crippen LogP contribution < -0.4 is 11.1 Å². The molecule has 4 fully saturated rings. The second kappa shape index (κ2) is 6.13. The Balaban J connectivity index is 1.55. The number of nitrogen functional groups attached to an aromatic ring is 1. The van der Waals surface area contributed by atoms with E-state index in [2.05, 4.69) is 12.2 Å². The first-order valence-electron chi connectivity index (χ1n) is 9.32. The minimum atomic E-state index is 0.323. The molecule has 5 rings (SSSR count). The van der Waals surface area contributed by atoms with Crippen LogP contribution in [0.2, 0.25) is 0 Å². The molecule has 0 amide bonds. The van der Waals surface area contributed by atoms with E-state index in [9.17, 15) is 0 Å². The summed E-state index contributed by atoms with van der Waals surface area (Å²) in [5.74, 6) is 0. The van der Waals surface area contributed by atoms with Gasteiger partial charge in [-0.1, -0.05) is 0 Å². The first kappa shape index (κ1) is 15.9. The van der Waals surface area contributed by atoms with Gasteiger partial charge in [-0.25, -0.2) is 0 Å². The van der Waals surface area contributed by atoms with Crippen molar-refractivity contribution in [2.24, 2.45) is 0 Å². The lowest BCUT2D eigenvalue weighted by Crippen LogP contribution is -2.18. The Hall–Kier alpha value is -1.34. The van der Waals surface area contributed by atoms with Crippen LogP contribution in [0.1, 0.15) is 22.3 Å². The molecule has 0 aliphatic carbocycles. The Kier molecular flexibility index (Phi) is 3.89. The summed E-state index contributed by atoms with van der Waals surface area (Å²) in [6, 6.07) is 0. The van der Waals surface area contributed by atoms with E-state index in [4.69, 9.17) is 24.7 Å². The Morgan fingerprint density at radius 1 is 0.800 bits per heavy atom. The van der Waals surface area contributed by atoms with Crippen LogP contribution >= 0.6 is 0 Å². The molecule has 0 saturated carbocycles. The van der Waals surface area contributed by atoms with Gasteiger partial charge in [0.25, 0.3) is 0 Å². The minimum absolute atomic E-state index is 0.323. The molecule has 136 valence electrons. The maximum absolute atomic E-state index is 6.59. The average Bonchev–Trinajstić information content (AvgIpc) is 3.46. The fourth-order valence-corrected chi connectivity index (χ4v) is 3.67. The summed E-state index contributed by atoms with van der Waals surface area (Å²) in [6.07, 6.45) is 4.10. The molecule has 4 unspecified atom stereocenters. The predicted molar refractivity (Wildman–Crippen MR) is 94.2 cm³/mol. The first-order chi connectivity index (χ1) is 12.2. The molecule has 4 atom stereocenters. The predicted octanol–water partition coefficient (Wildman–Crippen LogP) is 1.21. The van der Waals surface area contributed by atoms with Crippen LogP contribution in [0.3, 0.4) is 0 Å². The molecule has 0 spiro atoms. The van der Waals surface area contributed by atoms with Crippen molar-refractivity contribution >= 4 is 11.4 Å². The smallest absolute Gasteiger partial charge is 0.0981 e. The van der Waals surface area contributed by atoms with Crippen molar-refractivity contribution in [2.45, 2.75) is 50.6 Å². The van der Waals surface area contributed by atoms with Crippen LogP contribution in [0.15, 0.2) is 0 Å². The molecule has 1 aromatic carbocycles. The monoisotopic (exact) mass is 346 g/mol. The molecule has 3 N–H and O–H groups in total. The summed E-state index contributed by atoms with van der Waals surface area (Å²) in [6.45, 7) is 6.36. The number of nitrogens with one attached hydrogen (secondary N) is 1. The third-order valence-corrected chi connectivity index (χ3v) is 5.55. The van der Waals surface area contributed by atoms with Gasteiger partial charge in [0.15, 0.2) is 0 Å². The molecule has 6 heteroatoms. The second-order valence-corrected chi connectivity index (χ2v) is 7.66. The van der Waals surface area contributed by atoms with Crippen LogP contribution in [0.25, 0.3) is 0 Å². The zero-order chi connectivity index (χ0) is 17.0. The SMILES string of the molecule is Cc1c(N)c(CC2CO2)c(CC2CO2)c(CC2CO2)c1NCC1CO1. The van der Waals surface area contributed by atoms with Crippen LogP contribution in [0.5, 0.6) is 0 Å². The molecule has 6 nitrogen and oxygen atoms in total. The van der Waals surface area contributed by atoms with Gasteiger partial charge in [0.05, 0.1) is 50.8 Å². The van der Waals surface area contributed by atoms with Crippen molar-refractivity contribution < 1.29 is 18.9 Å². The molecule has 4 heterocycles. The van der Waals surface area contributed by atoms with Crippen molar-refractivity contribution in [3.05, 3.63) is 22.3 Å². The second-order valence-electron chi connectivity index (χ2n) is 7.66. The van der Waals surface area contributed by atoms with Crippen molar-refractivity contribution in [3.63, 3.8) is 0 Å². The number of anilines is 2. The highest BCUT2D eigenvalue weighted by Crippen LogP contribution is 2.40. The van der Waals surface area contributed by atoms with Gasteiger partial charge in [-0.15, -0.1) is 0 Å². The highest BCUT2D eigenvalue weighted by atomic mass is 16.6. The van der Waals surface area contributed by atoms with E-state index < -0.39 is 0 Å². The molecular formula is C19H26N2O4. The van der Waals surface area contributed by atoms with Gasteiger partial charge in [0.1, 0.15) is 0 Å². The Labute approximate surface area is 147 Å². The lowest BCUT2D eigenvalue weighted by atomic mass is 9.86. The molecule has 4 aliphatic heterocycles. The molecule has 0 radical (unpaired) electrons. The standard InChI is InChI=1S/C19H26N2O4/c1-10-18(20)16(3-12-7-23-12)15(2-11-6-22-11)17(4-13-8-24-13)19(10)21-5-14-9-25-14/h11-14,21H,2-9,20H2,1H3. The van der Waals surface area contributed by atoms with Crippen LogP contribution in [-0.2, 0) is 38.2 Å². The third kappa shape index (κ3) is 3.62. The number of hydrogen-bond donors (Lipinski definition) is 2. The normalized spacial score (nSPS) is 31.7. The van der Waals surface area contributed by atoms with Crippen LogP contribution in [0.4, 0.5) is 11.4 Å². The van der Waals surface area contributed by atoms with Gasteiger partial charge in [0.2, 0.25) is 0 Å². The summed E-state index contributed by atoms with van der Waals surface area (Å²) in [4.78, 5) is 0. The number of hydrogen-bond acceptors (Lipinski definition) is 6. The number of epoxide rings is 4. The van der Waals surface area contributed by atoms with Gasteiger partial charge < -0.3 is 30.0 Å². The summed E-state index contributed by atoms with van der Waals surface area (Å²) >= 11 is 0. The van der Waals surface area contributed by atoms with Crippen molar-refractivity contribution in [1.82, 2.24) is 0 Å². The summed E-state index contributed by atoms with van der Waals surface area (Å²) in [7, 11) is 0. The minimum Gasteiger partial charge on any atom is -0.398 e. The first-order valence-corrected chi connectivity index (χ1v) is 9.32. The van der Waals surface area contributed by atoms with E-state index in [-0.39, 0.29) is 0 Å². The van der Waals surface area contributed by atoms with Gasteiger partial charge in [-0.3, -0.25) is 0 Å². The highest BCUT2D eigenvalue weighted by Gasteiger charge is 2.34. The Morgan fingerprint density at radius 3 is 1.80 bits per heavy atom. The Morgan fingerprint density at radius 2 is 1.28 bits per heavy atom. The van der Waals surface area contributed by atoms with E-state index in [0.717, 1.165) is 63.5 Å². The lowest BCUT2D eigenvalue weighted by molar-refractivity contribution is 0.398. The van der Waals surface area contributed by atoms with E-state index in [1.54, 1.807) is 0 Å². The lowest BCUT2D eigenvalue weighted by Gasteiger charge is -2.24. The van der Waals surface area contributed by atoms with Gasteiger partial charge >= 0.3 is 0 Å². The summed E-state index contributed by atoms with van der Waals surface area (Å²) < 4.78 is 21.9. The third-order valence-electron chi connectivity index (χ3n) is 5.55. The largest absolute Gasteiger partial charge is 0.398 e. The van der Waals surface area contributed by atoms with Gasteiger partial charge in [-0.2, -0.15) is 0 Å². The zero-order valence-corrected chi connectivity index (χ0v) is 14.7. The molecule has 1 aromatic rings. The van der Waals surface area contributed by atoms with Crippen molar-refractivity contribution in [2.75, 3.05) is 44.0 Å². The van der Waals surface area contributed by atoms with Crippen molar-refractivity contribution in [3.8, 4) is 0 Å². The maximum Gasteiger partial charge on any atom is 0.0981 e. The highest BCUT2D eigenvalue weighted by molar-refractivity contribution is 5.74. The fourth-order valence-electron chi connectivity index (χ4n) is 3.67. The van der Waals surface area contributed by atoms with Crippen LogP contribution in [-0.4, -0.2) is 57.4 Å². The number of benzene rings is 1. The zero-order valence-electron chi connectivity index (χ0n) is 14.7. The van der Waals surface area contributed by atoms with Gasteiger partial charge in [-0.05, 0) is 29.2 Å². The maximum atomic E-state index is 6.59. The molecule has 4 saturated heterocycles. The van der Waals surface area contributed by atoms with E-state index in [1.165, 1.54) is 22.4 Å². The molecular weight excluding hydrogens is 320 g/mol. The molecule has 25 heavy (non-hydrogen) atoms. The van der Waals surface area contributed by atoms with Crippen molar-refractivity contribution in [1.29, 1.82) is 0 Å². The van der Waals surface area contributed by atoms with Gasteiger partial charge in [0, 0.05) is 37.2 Å². The number of ether oxygens (including phenoxy) is 4. The van der Waals surface area contributed by atoms with E-state index in [0.29, 0.717) is 24.4 Å². The molecule has 4 aliphatic rings. The summed E-state index contributed by atoms with van der Waals surface area (Å²) in [5, 5.41) is 3.62. The fraction of sp³-hybridized carbons (Fsp3) is 0.684. The number of rotatable bonds is 9. The molecule has 0 aromatic heterocycles. The topological polar surface area (TPSA) is 88.2 Å².